The molecule has 6 heteroatoms. The number of halogens is 1. The Morgan fingerprint density at radius 2 is 2.30 bits per heavy atom. The van der Waals surface area contributed by atoms with E-state index in [1.165, 1.54) is 12.1 Å². The van der Waals surface area contributed by atoms with Crippen molar-refractivity contribution in [2.75, 3.05) is 13.1 Å². The largest absolute Gasteiger partial charge is 0.350 e. The molecule has 3 N–H and O–H groups in total. The van der Waals surface area contributed by atoms with Crippen molar-refractivity contribution < 1.29 is 9.18 Å². The molecule has 1 amide bonds. The predicted octanol–water partition coefficient (Wildman–Crippen LogP) is 0.953. The van der Waals surface area contributed by atoms with Crippen LogP contribution in [0.25, 0.3) is 0 Å². The lowest BCUT2D eigenvalue weighted by atomic mass is 10.1. The van der Waals surface area contributed by atoms with E-state index in [0.717, 1.165) is 5.56 Å². The molecule has 0 aliphatic rings. The molecule has 0 aliphatic heterocycles. The summed E-state index contributed by atoms with van der Waals surface area (Å²) in [6.45, 7) is 1.56. The number of imidazole rings is 1. The third kappa shape index (κ3) is 3.89. The van der Waals surface area contributed by atoms with E-state index in [1.54, 1.807) is 23.2 Å². The minimum absolute atomic E-state index is 0.239. The van der Waals surface area contributed by atoms with Crippen LogP contribution in [0.2, 0.25) is 0 Å². The Labute approximate surface area is 116 Å². The standard InChI is InChI=1S/C14H17FN4O/c15-12-3-1-2-11(8-12)4-6-17-14(20)13-9-19(7-5-16)10-18-13/h1-3,8-10H,4-7,16H2,(H,17,20). The van der Waals surface area contributed by atoms with Crippen LogP contribution in [-0.4, -0.2) is 28.5 Å². The van der Waals surface area contributed by atoms with E-state index in [-0.39, 0.29) is 11.7 Å². The molecule has 0 spiro atoms. The van der Waals surface area contributed by atoms with E-state index in [0.29, 0.717) is 31.7 Å². The number of carbonyl (C=O) groups is 1. The number of hydrogen-bond acceptors (Lipinski definition) is 3. The fraction of sp³-hybridized carbons (Fsp3) is 0.286. The monoisotopic (exact) mass is 276 g/mol. The van der Waals surface area contributed by atoms with E-state index in [4.69, 9.17) is 5.73 Å². The Morgan fingerprint density at radius 3 is 3.05 bits per heavy atom. The number of nitrogens with zero attached hydrogens (tertiary/aromatic N) is 2. The third-order valence-electron chi connectivity index (χ3n) is 2.84. The van der Waals surface area contributed by atoms with Crippen molar-refractivity contribution in [3.8, 4) is 0 Å². The Balaban J connectivity index is 1.82. The molecule has 5 nitrogen and oxygen atoms in total. The van der Waals surface area contributed by atoms with Crippen LogP contribution in [0, 0.1) is 5.82 Å². The van der Waals surface area contributed by atoms with Gasteiger partial charge in [-0.05, 0) is 24.1 Å². The Hall–Kier alpha value is -2.21. The number of aromatic nitrogens is 2. The molecule has 0 aliphatic carbocycles. The zero-order valence-corrected chi connectivity index (χ0v) is 11.1. The highest BCUT2D eigenvalue weighted by atomic mass is 19.1. The van der Waals surface area contributed by atoms with Crippen molar-refractivity contribution in [3.63, 3.8) is 0 Å². The van der Waals surface area contributed by atoms with Gasteiger partial charge in [-0.15, -0.1) is 0 Å². The third-order valence-corrected chi connectivity index (χ3v) is 2.84. The lowest BCUT2D eigenvalue weighted by Crippen LogP contribution is -2.26. The van der Waals surface area contributed by atoms with Crippen LogP contribution in [0.3, 0.4) is 0 Å². The van der Waals surface area contributed by atoms with Crippen molar-refractivity contribution >= 4 is 5.91 Å². The van der Waals surface area contributed by atoms with Crippen LogP contribution < -0.4 is 11.1 Å². The molecule has 1 aromatic carbocycles. The van der Waals surface area contributed by atoms with E-state index < -0.39 is 0 Å². The molecule has 0 radical (unpaired) electrons. The van der Waals surface area contributed by atoms with Gasteiger partial charge in [-0.2, -0.15) is 0 Å². The van der Waals surface area contributed by atoms with Crippen LogP contribution in [-0.2, 0) is 13.0 Å². The molecule has 0 unspecified atom stereocenters. The summed E-state index contributed by atoms with van der Waals surface area (Å²) in [7, 11) is 0. The zero-order chi connectivity index (χ0) is 14.4. The van der Waals surface area contributed by atoms with Crippen molar-refractivity contribution in [1.82, 2.24) is 14.9 Å². The van der Waals surface area contributed by atoms with Gasteiger partial charge in [-0.3, -0.25) is 4.79 Å². The van der Waals surface area contributed by atoms with Gasteiger partial charge in [0.1, 0.15) is 11.5 Å². The predicted molar refractivity (Wildman–Crippen MR) is 73.7 cm³/mol. The average Bonchev–Trinajstić information content (AvgIpc) is 2.88. The first-order valence-electron chi connectivity index (χ1n) is 6.43. The summed E-state index contributed by atoms with van der Waals surface area (Å²) in [5, 5.41) is 2.75. The minimum atomic E-state index is -0.269. The highest BCUT2D eigenvalue weighted by molar-refractivity contribution is 5.91. The normalized spacial score (nSPS) is 10.5. The maximum absolute atomic E-state index is 13.0. The Kier molecular flexibility index (Phi) is 4.84. The lowest BCUT2D eigenvalue weighted by molar-refractivity contribution is 0.0949. The van der Waals surface area contributed by atoms with Gasteiger partial charge >= 0.3 is 0 Å². The topological polar surface area (TPSA) is 72.9 Å². The van der Waals surface area contributed by atoms with Crippen molar-refractivity contribution in [2.24, 2.45) is 5.73 Å². The summed E-state index contributed by atoms with van der Waals surface area (Å²) < 4.78 is 14.7. The average molecular weight is 276 g/mol. The molecule has 0 saturated heterocycles. The maximum atomic E-state index is 13.0. The van der Waals surface area contributed by atoms with Crippen LogP contribution in [0.1, 0.15) is 16.1 Å². The number of benzene rings is 1. The molecule has 0 bridgehead atoms. The molecule has 0 saturated carbocycles. The summed E-state index contributed by atoms with van der Waals surface area (Å²) in [5.41, 5.74) is 6.63. The second-order valence-electron chi connectivity index (χ2n) is 4.42. The summed E-state index contributed by atoms with van der Waals surface area (Å²) in [6.07, 6.45) is 3.81. The van der Waals surface area contributed by atoms with Crippen molar-refractivity contribution in [2.45, 2.75) is 13.0 Å². The van der Waals surface area contributed by atoms with Gasteiger partial charge in [0.2, 0.25) is 0 Å². The number of rotatable bonds is 6. The maximum Gasteiger partial charge on any atom is 0.271 e. The highest BCUT2D eigenvalue weighted by Crippen LogP contribution is 2.03. The van der Waals surface area contributed by atoms with E-state index in [2.05, 4.69) is 10.3 Å². The quantitative estimate of drug-likeness (QED) is 0.825. The molecule has 0 fully saturated rings. The fourth-order valence-electron chi connectivity index (χ4n) is 1.85. The molecule has 1 heterocycles. The second kappa shape index (κ2) is 6.81. The first-order chi connectivity index (χ1) is 9.69. The molecule has 0 atom stereocenters. The van der Waals surface area contributed by atoms with Gasteiger partial charge in [-0.1, -0.05) is 12.1 Å². The van der Waals surface area contributed by atoms with Gasteiger partial charge in [0, 0.05) is 25.8 Å². The van der Waals surface area contributed by atoms with E-state index in [9.17, 15) is 9.18 Å². The number of hydrogen-bond donors (Lipinski definition) is 2. The molecule has 20 heavy (non-hydrogen) atoms. The molecule has 1 aromatic heterocycles. The first-order valence-corrected chi connectivity index (χ1v) is 6.43. The minimum Gasteiger partial charge on any atom is -0.350 e. The summed E-state index contributed by atoms with van der Waals surface area (Å²) in [5.74, 6) is -0.508. The van der Waals surface area contributed by atoms with Gasteiger partial charge in [-0.25, -0.2) is 9.37 Å². The van der Waals surface area contributed by atoms with Gasteiger partial charge in [0.25, 0.3) is 5.91 Å². The highest BCUT2D eigenvalue weighted by Gasteiger charge is 2.08. The first kappa shape index (κ1) is 14.2. The fourth-order valence-corrected chi connectivity index (χ4v) is 1.85. The van der Waals surface area contributed by atoms with Gasteiger partial charge < -0.3 is 15.6 Å². The van der Waals surface area contributed by atoms with Gasteiger partial charge in [0.05, 0.1) is 6.33 Å². The summed E-state index contributed by atoms with van der Waals surface area (Å²) in [6, 6.07) is 6.33. The molecule has 2 aromatic rings. The van der Waals surface area contributed by atoms with Crippen molar-refractivity contribution in [1.29, 1.82) is 0 Å². The van der Waals surface area contributed by atoms with Crippen LogP contribution in [0.5, 0.6) is 0 Å². The van der Waals surface area contributed by atoms with Crippen LogP contribution >= 0.6 is 0 Å². The summed E-state index contributed by atoms with van der Waals surface area (Å²) in [4.78, 5) is 15.8. The molecule has 106 valence electrons. The Bertz CT molecular complexity index is 582. The van der Waals surface area contributed by atoms with Crippen molar-refractivity contribution in [3.05, 3.63) is 53.9 Å². The number of nitrogens with one attached hydrogen (secondary N) is 1. The van der Waals surface area contributed by atoms with Crippen LogP contribution in [0.4, 0.5) is 4.39 Å². The van der Waals surface area contributed by atoms with E-state index >= 15 is 0 Å². The van der Waals surface area contributed by atoms with Crippen LogP contribution in [0.15, 0.2) is 36.8 Å². The van der Waals surface area contributed by atoms with E-state index in [1.807, 2.05) is 6.07 Å². The summed E-state index contributed by atoms with van der Waals surface area (Å²) >= 11 is 0. The number of nitrogens with two attached hydrogens (primary N) is 1. The number of carbonyl (C=O) groups excluding carboxylic acids is 1. The smallest absolute Gasteiger partial charge is 0.271 e. The lowest BCUT2D eigenvalue weighted by Gasteiger charge is -2.03. The SMILES string of the molecule is NCCn1cnc(C(=O)NCCc2cccc(F)c2)c1. The zero-order valence-electron chi connectivity index (χ0n) is 11.1. The second-order valence-corrected chi connectivity index (χ2v) is 4.42. The number of amides is 1. The molecular weight excluding hydrogens is 259 g/mol. The molecule has 2 rings (SSSR count). The Morgan fingerprint density at radius 1 is 1.45 bits per heavy atom. The van der Waals surface area contributed by atoms with Gasteiger partial charge in [0.15, 0.2) is 0 Å². The molecular formula is C14H17FN4O.